The molecule has 1 aromatic rings. The number of aryl methyl sites for hydroxylation is 1. The molecule has 0 spiro atoms. The van der Waals surface area contributed by atoms with E-state index in [0.717, 1.165) is 24.8 Å². The molecule has 0 saturated heterocycles. The van der Waals surface area contributed by atoms with Crippen molar-refractivity contribution in [1.29, 1.82) is 0 Å². The number of rotatable bonds is 9. The van der Waals surface area contributed by atoms with Crippen LogP contribution in [0.4, 0.5) is 4.39 Å². The molecule has 0 fully saturated rings. The van der Waals surface area contributed by atoms with Crippen LogP contribution in [0, 0.1) is 5.82 Å². The van der Waals surface area contributed by atoms with E-state index in [1.807, 2.05) is 6.07 Å². The molecule has 0 aromatic heterocycles. The third kappa shape index (κ3) is 8.07. The Bertz CT molecular complexity index is 463. The van der Waals surface area contributed by atoms with Gasteiger partial charge in [-0.05, 0) is 37.0 Å². The number of halogens is 1. The molecule has 0 heterocycles. The van der Waals surface area contributed by atoms with Crippen LogP contribution < -0.4 is 5.32 Å². The van der Waals surface area contributed by atoms with Gasteiger partial charge in [0, 0.05) is 19.4 Å². The van der Waals surface area contributed by atoms with Gasteiger partial charge in [-0.3, -0.25) is 9.59 Å². The van der Waals surface area contributed by atoms with Gasteiger partial charge < -0.3 is 10.1 Å². The molecule has 0 atom stereocenters. The number of carbonyl (C=O) groups is 2. The van der Waals surface area contributed by atoms with E-state index < -0.39 is 0 Å². The molecular weight excluding hydrogens is 273 g/mol. The Morgan fingerprint density at radius 1 is 1.19 bits per heavy atom. The quantitative estimate of drug-likeness (QED) is 0.563. The number of hydrogen-bond acceptors (Lipinski definition) is 3. The van der Waals surface area contributed by atoms with Crippen LogP contribution in [0.15, 0.2) is 24.3 Å². The minimum absolute atomic E-state index is 0.0350. The van der Waals surface area contributed by atoms with Crippen LogP contribution in [0.5, 0.6) is 0 Å². The van der Waals surface area contributed by atoms with Crippen molar-refractivity contribution in [3.05, 3.63) is 35.6 Å². The molecule has 116 valence electrons. The van der Waals surface area contributed by atoms with Crippen molar-refractivity contribution in [3.8, 4) is 0 Å². The molecule has 0 aliphatic rings. The van der Waals surface area contributed by atoms with Gasteiger partial charge in [0.1, 0.15) is 5.82 Å². The molecule has 0 bridgehead atoms. The van der Waals surface area contributed by atoms with Crippen molar-refractivity contribution in [3.63, 3.8) is 0 Å². The molecule has 0 aliphatic carbocycles. The minimum Gasteiger partial charge on any atom is -0.469 e. The lowest BCUT2D eigenvalue weighted by atomic mass is 10.1. The number of nitrogens with one attached hydrogen (secondary N) is 1. The molecule has 0 unspecified atom stereocenters. The minimum atomic E-state index is -0.279. The molecule has 0 aliphatic heterocycles. The number of amides is 1. The summed E-state index contributed by atoms with van der Waals surface area (Å²) in [5.41, 5.74) is 0.822. The second-order valence-corrected chi connectivity index (χ2v) is 4.87. The zero-order valence-corrected chi connectivity index (χ0v) is 12.4. The summed E-state index contributed by atoms with van der Waals surface area (Å²) in [5.74, 6) is -0.514. The zero-order valence-electron chi connectivity index (χ0n) is 12.4. The van der Waals surface area contributed by atoms with Crippen LogP contribution in [0.3, 0.4) is 0 Å². The molecule has 0 radical (unpaired) electrons. The Balaban J connectivity index is 2.05. The summed E-state index contributed by atoms with van der Waals surface area (Å²) in [6.07, 6.45) is 3.79. The van der Waals surface area contributed by atoms with Crippen molar-refractivity contribution in [2.75, 3.05) is 13.7 Å². The normalized spacial score (nSPS) is 10.2. The lowest BCUT2D eigenvalue weighted by Crippen LogP contribution is -2.24. The molecule has 1 rings (SSSR count). The maximum Gasteiger partial charge on any atom is 0.305 e. The van der Waals surface area contributed by atoms with Gasteiger partial charge in [0.25, 0.3) is 0 Å². The smallest absolute Gasteiger partial charge is 0.305 e. The first-order valence-corrected chi connectivity index (χ1v) is 7.20. The summed E-state index contributed by atoms with van der Waals surface area (Å²) >= 11 is 0. The third-order valence-electron chi connectivity index (χ3n) is 3.14. The van der Waals surface area contributed by atoms with Gasteiger partial charge >= 0.3 is 5.97 Å². The molecule has 1 aromatic carbocycles. The van der Waals surface area contributed by atoms with Crippen LogP contribution in [0.1, 0.15) is 37.7 Å². The molecule has 5 heteroatoms. The van der Waals surface area contributed by atoms with Crippen molar-refractivity contribution in [2.24, 2.45) is 0 Å². The van der Waals surface area contributed by atoms with Gasteiger partial charge in [-0.15, -0.1) is 0 Å². The summed E-state index contributed by atoms with van der Waals surface area (Å²) in [7, 11) is 1.38. The number of carbonyl (C=O) groups excluding carboxylic acids is 2. The van der Waals surface area contributed by atoms with E-state index in [4.69, 9.17) is 0 Å². The predicted octanol–water partition coefficient (Wildman–Crippen LogP) is 2.61. The second kappa shape index (κ2) is 9.91. The highest BCUT2D eigenvalue weighted by Gasteiger charge is 2.03. The van der Waals surface area contributed by atoms with E-state index in [9.17, 15) is 14.0 Å². The van der Waals surface area contributed by atoms with Gasteiger partial charge in [0.15, 0.2) is 0 Å². The van der Waals surface area contributed by atoms with E-state index in [1.165, 1.54) is 19.2 Å². The van der Waals surface area contributed by atoms with Gasteiger partial charge in [0.05, 0.1) is 7.11 Å². The van der Waals surface area contributed by atoms with Crippen LogP contribution in [0.25, 0.3) is 0 Å². The number of hydrogen-bond donors (Lipinski definition) is 1. The first-order valence-electron chi connectivity index (χ1n) is 7.20. The highest BCUT2D eigenvalue weighted by atomic mass is 19.1. The van der Waals surface area contributed by atoms with E-state index >= 15 is 0 Å². The maximum atomic E-state index is 13.0. The lowest BCUT2D eigenvalue weighted by molar-refractivity contribution is -0.140. The topological polar surface area (TPSA) is 55.4 Å². The molecule has 1 amide bonds. The number of esters is 1. The van der Waals surface area contributed by atoms with Crippen molar-refractivity contribution >= 4 is 11.9 Å². The van der Waals surface area contributed by atoms with E-state index in [1.54, 1.807) is 6.07 Å². The summed E-state index contributed by atoms with van der Waals surface area (Å²) in [5, 5.41) is 2.82. The Labute approximate surface area is 124 Å². The SMILES string of the molecule is COC(=O)CCCCCNC(=O)CCc1cccc(F)c1. The van der Waals surface area contributed by atoms with Crippen LogP contribution in [-0.2, 0) is 20.7 Å². The van der Waals surface area contributed by atoms with Crippen molar-refractivity contribution < 1.29 is 18.7 Å². The Kier molecular flexibility index (Phi) is 8.09. The van der Waals surface area contributed by atoms with Gasteiger partial charge in [-0.2, -0.15) is 0 Å². The van der Waals surface area contributed by atoms with E-state index in [-0.39, 0.29) is 17.7 Å². The number of unbranched alkanes of at least 4 members (excludes halogenated alkanes) is 2. The molecule has 0 saturated carbocycles. The highest BCUT2D eigenvalue weighted by Crippen LogP contribution is 2.06. The number of benzene rings is 1. The molecular formula is C16H22FNO3. The summed E-state index contributed by atoms with van der Waals surface area (Å²) in [6, 6.07) is 6.28. The lowest BCUT2D eigenvalue weighted by Gasteiger charge is -2.05. The predicted molar refractivity (Wildman–Crippen MR) is 78.2 cm³/mol. The van der Waals surface area contributed by atoms with Crippen molar-refractivity contribution in [2.45, 2.75) is 38.5 Å². The second-order valence-electron chi connectivity index (χ2n) is 4.87. The van der Waals surface area contributed by atoms with Crippen LogP contribution in [-0.4, -0.2) is 25.5 Å². The largest absolute Gasteiger partial charge is 0.469 e. The third-order valence-corrected chi connectivity index (χ3v) is 3.14. The summed E-state index contributed by atoms with van der Waals surface area (Å²) < 4.78 is 17.5. The van der Waals surface area contributed by atoms with Gasteiger partial charge in [0.2, 0.25) is 5.91 Å². The Morgan fingerprint density at radius 2 is 2.00 bits per heavy atom. The fourth-order valence-corrected chi connectivity index (χ4v) is 1.94. The van der Waals surface area contributed by atoms with Crippen LogP contribution >= 0.6 is 0 Å². The fraction of sp³-hybridized carbons (Fsp3) is 0.500. The fourth-order valence-electron chi connectivity index (χ4n) is 1.94. The Morgan fingerprint density at radius 3 is 2.71 bits per heavy atom. The highest BCUT2D eigenvalue weighted by molar-refractivity contribution is 5.76. The first kappa shape index (κ1) is 17.1. The first-order chi connectivity index (χ1) is 10.1. The van der Waals surface area contributed by atoms with Gasteiger partial charge in [-0.25, -0.2) is 4.39 Å². The monoisotopic (exact) mass is 295 g/mol. The molecule has 1 N–H and O–H groups in total. The van der Waals surface area contributed by atoms with Gasteiger partial charge in [-0.1, -0.05) is 18.6 Å². The average Bonchev–Trinajstić information content (AvgIpc) is 2.48. The number of methoxy groups -OCH3 is 1. The van der Waals surface area contributed by atoms with E-state index in [2.05, 4.69) is 10.1 Å². The molecule has 21 heavy (non-hydrogen) atoms. The van der Waals surface area contributed by atoms with Crippen molar-refractivity contribution in [1.82, 2.24) is 5.32 Å². The average molecular weight is 295 g/mol. The summed E-state index contributed by atoms with van der Waals surface area (Å²) in [6.45, 7) is 0.600. The molecule has 4 nitrogen and oxygen atoms in total. The zero-order chi connectivity index (χ0) is 15.5. The Hall–Kier alpha value is -1.91. The summed E-state index contributed by atoms with van der Waals surface area (Å²) in [4.78, 5) is 22.5. The number of ether oxygens (including phenoxy) is 1. The standard InChI is InChI=1S/C16H22FNO3/c1-21-16(20)8-3-2-4-11-18-15(19)10-9-13-6-5-7-14(17)12-13/h5-7,12H,2-4,8-11H2,1H3,(H,18,19). The maximum absolute atomic E-state index is 13.0. The van der Waals surface area contributed by atoms with E-state index in [0.29, 0.717) is 25.8 Å². The van der Waals surface area contributed by atoms with Crippen LogP contribution in [0.2, 0.25) is 0 Å².